The Labute approximate surface area is 194 Å². The van der Waals surface area contributed by atoms with Crippen molar-refractivity contribution in [3.63, 3.8) is 0 Å². The SMILES string of the molecule is [C-]#CCn1cc(C)c(=O)[nH]c1=O.[Pt+2].[c-]1ccccc1-c1cccc(-c2ccccn2)n1. The second kappa shape index (κ2) is 11.6. The van der Waals surface area contributed by atoms with E-state index in [4.69, 9.17) is 6.42 Å². The molecule has 1 aromatic carbocycles. The molecule has 3 heterocycles. The number of H-pyrrole nitrogens is 1. The smallest absolute Gasteiger partial charge is 0.692 e. The van der Waals surface area contributed by atoms with Crippen molar-refractivity contribution in [3.8, 4) is 28.6 Å². The summed E-state index contributed by atoms with van der Waals surface area (Å²) in [4.78, 5) is 32.9. The number of nitrogens with zero attached hydrogens (tertiary/aromatic N) is 3. The number of benzene rings is 1. The number of aryl methyl sites for hydroxylation is 1. The normalized spacial score (nSPS) is 9.55. The molecule has 0 aliphatic rings. The number of rotatable bonds is 3. The van der Waals surface area contributed by atoms with Crippen LogP contribution in [-0.2, 0) is 27.6 Å². The van der Waals surface area contributed by atoms with Crippen molar-refractivity contribution >= 4 is 0 Å². The molecule has 0 fully saturated rings. The van der Waals surface area contributed by atoms with Gasteiger partial charge in [0.2, 0.25) is 0 Å². The van der Waals surface area contributed by atoms with E-state index < -0.39 is 5.69 Å². The first-order chi connectivity index (χ1) is 14.6. The van der Waals surface area contributed by atoms with E-state index in [1.807, 2.05) is 60.7 Å². The summed E-state index contributed by atoms with van der Waals surface area (Å²) in [6, 6.07) is 22.8. The average Bonchev–Trinajstić information content (AvgIpc) is 2.79. The largest absolute Gasteiger partial charge is 2.00 e. The van der Waals surface area contributed by atoms with Gasteiger partial charge in [-0.05, 0) is 30.8 Å². The molecule has 1 N–H and O–H groups in total. The van der Waals surface area contributed by atoms with Crippen molar-refractivity contribution in [1.82, 2.24) is 19.5 Å². The van der Waals surface area contributed by atoms with Crippen LogP contribution in [0.25, 0.3) is 22.6 Å². The Morgan fingerprint density at radius 2 is 1.77 bits per heavy atom. The van der Waals surface area contributed by atoms with E-state index >= 15 is 0 Å². The van der Waals surface area contributed by atoms with Crippen LogP contribution in [0.4, 0.5) is 0 Å². The second-order valence-corrected chi connectivity index (χ2v) is 6.28. The molecule has 0 atom stereocenters. The van der Waals surface area contributed by atoms with Gasteiger partial charge in [-0.15, -0.1) is 35.9 Å². The third kappa shape index (κ3) is 6.47. The number of aromatic nitrogens is 4. The summed E-state index contributed by atoms with van der Waals surface area (Å²) in [5.74, 6) is 2.06. The predicted molar refractivity (Wildman–Crippen MR) is 115 cm³/mol. The number of hydrogen-bond donors (Lipinski definition) is 1. The average molecular weight is 590 g/mol. The van der Waals surface area contributed by atoms with Gasteiger partial charge in [0, 0.05) is 24.5 Å². The van der Waals surface area contributed by atoms with E-state index in [-0.39, 0.29) is 33.2 Å². The quantitative estimate of drug-likeness (QED) is 0.295. The summed E-state index contributed by atoms with van der Waals surface area (Å²) >= 11 is 0. The summed E-state index contributed by atoms with van der Waals surface area (Å²) in [5.41, 5.74) is 3.23. The van der Waals surface area contributed by atoms with Crippen LogP contribution in [0.15, 0.2) is 82.6 Å². The van der Waals surface area contributed by atoms with Crippen molar-refractivity contribution < 1.29 is 21.1 Å². The molecule has 0 amide bonds. The van der Waals surface area contributed by atoms with E-state index in [1.54, 1.807) is 13.1 Å². The minimum atomic E-state index is -0.509. The molecule has 0 saturated carbocycles. The van der Waals surface area contributed by atoms with Gasteiger partial charge in [0.25, 0.3) is 5.56 Å². The number of aromatic amines is 1. The van der Waals surface area contributed by atoms with E-state index in [1.165, 1.54) is 10.8 Å². The minimum Gasteiger partial charge on any atom is -0.692 e. The fraction of sp³-hybridized carbons (Fsp3) is 0.0833. The Morgan fingerprint density at radius 3 is 2.45 bits per heavy atom. The number of nitrogens with one attached hydrogen (secondary N) is 1. The van der Waals surface area contributed by atoms with Gasteiger partial charge in [0.15, 0.2) is 0 Å². The summed E-state index contributed by atoms with van der Waals surface area (Å²) < 4.78 is 1.21. The molecule has 3 aromatic heterocycles. The predicted octanol–water partition coefficient (Wildman–Crippen LogP) is 3.04. The van der Waals surface area contributed by atoms with Gasteiger partial charge < -0.3 is 12.3 Å². The molecular formula is C24H18N4O2Pt. The van der Waals surface area contributed by atoms with Gasteiger partial charge in [-0.3, -0.25) is 24.3 Å². The van der Waals surface area contributed by atoms with Crippen molar-refractivity contribution in [2.45, 2.75) is 13.5 Å². The molecule has 0 aliphatic heterocycles. The molecule has 6 nitrogen and oxygen atoms in total. The number of hydrogen-bond acceptors (Lipinski definition) is 4. The molecule has 7 heteroatoms. The third-order valence-corrected chi connectivity index (χ3v) is 4.10. The molecule has 31 heavy (non-hydrogen) atoms. The third-order valence-electron chi connectivity index (χ3n) is 4.10. The van der Waals surface area contributed by atoms with Crippen LogP contribution in [0.3, 0.4) is 0 Å². The Morgan fingerprint density at radius 1 is 1.03 bits per heavy atom. The van der Waals surface area contributed by atoms with Gasteiger partial charge in [-0.1, -0.05) is 18.2 Å². The topological polar surface area (TPSA) is 80.6 Å². The van der Waals surface area contributed by atoms with Crippen LogP contribution in [0.2, 0.25) is 0 Å². The molecule has 0 unspecified atom stereocenters. The first kappa shape index (κ1) is 23.7. The summed E-state index contributed by atoms with van der Waals surface area (Å²) in [6.45, 7) is 1.66. The van der Waals surface area contributed by atoms with Crippen molar-refractivity contribution in [1.29, 1.82) is 0 Å². The maximum absolute atomic E-state index is 11.0. The second-order valence-electron chi connectivity index (χ2n) is 6.28. The molecular weight excluding hydrogens is 571 g/mol. The monoisotopic (exact) mass is 589 g/mol. The number of pyridine rings is 2. The molecule has 0 aliphatic carbocycles. The Balaban J connectivity index is 0.000000231. The van der Waals surface area contributed by atoms with E-state index in [0.29, 0.717) is 5.56 Å². The summed E-state index contributed by atoms with van der Waals surface area (Å²) in [7, 11) is 0. The molecule has 0 saturated heterocycles. The van der Waals surface area contributed by atoms with Crippen molar-refractivity contribution in [2.24, 2.45) is 0 Å². The first-order valence-electron chi connectivity index (χ1n) is 9.14. The summed E-state index contributed by atoms with van der Waals surface area (Å²) in [5, 5.41) is 0. The zero-order valence-corrected chi connectivity index (χ0v) is 18.9. The van der Waals surface area contributed by atoms with E-state index in [2.05, 4.69) is 26.9 Å². The van der Waals surface area contributed by atoms with Gasteiger partial charge in [0.05, 0.1) is 11.4 Å². The fourth-order valence-corrected chi connectivity index (χ4v) is 2.62. The summed E-state index contributed by atoms with van der Waals surface area (Å²) in [6.07, 6.45) is 9.84. The minimum absolute atomic E-state index is 0. The van der Waals surface area contributed by atoms with Gasteiger partial charge in [0.1, 0.15) is 0 Å². The first-order valence-corrected chi connectivity index (χ1v) is 9.14. The van der Waals surface area contributed by atoms with E-state index in [9.17, 15) is 9.59 Å². The molecule has 156 valence electrons. The van der Waals surface area contributed by atoms with Crippen LogP contribution in [-0.4, -0.2) is 19.5 Å². The van der Waals surface area contributed by atoms with E-state index in [0.717, 1.165) is 22.6 Å². The van der Waals surface area contributed by atoms with Crippen LogP contribution < -0.4 is 11.2 Å². The maximum atomic E-state index is 11.0. The molecule has 0 radical (unpaired) electrons. The van der Waals surface area contributed by atoms with Gasteiger partial charge >= 0.3 is 26.8 Å². The zero-order chi connectivity index (χ0) is 21.3. The van der Waals surface area contributed by atoms with Crippen molar-refractivity contribution in [2.75, 3.05) is 0 Å². The van der Waals surface area contributed by atoms with Gasteiger partial charge in [-0.2, -0.15) is 0 Å². The maximum Gasteiger partial charge on any atom is 2.00 e. The Hall–Kier alpha value is -3.55. The van der Waals surface area contributed by atoms with Crippen LogP contribution in [0.5, 0.6) is 0 Å². The molecule has 4 rings (SSSR count). The zero-order valence-electron chi connectivity index (χ0n) is 16.6. The molecule has 4 aromatic rings. The Bertz CT molecular complexity index is 1220. The van der Waals surface area contributed by atoms with Crippen LogP contribution >= 0.6 is 0 Å². The standard InChI is InChI=1S/C16H11N2.C8H7N2O2.Pt/c1-2-7-13(8-3-1)14-10-6-11-16(18-14)15-9-4-5-12-17-15;1-3-4-10-5-6(2)7(11)9-8(10)12;/h1-7,9-12H;5H,4H2,2H3,(H,9,11,12);/q2*-1;+2. The van der Waals surface area contributed by atoms with Crippen LogP contribution in [0.1, 0.15) is 5.56 Å². The molecule has 0 spiro atoms. The van der Waals surface area contributed by atoms with Crippen LogP contribution in [0, 0.1) is 25.3 Å². The van der Waals surface area contributed by atoms with Gasteiger partial charge in [-0.25, -0.2) is 4.79 Å². The molecule has 0 bridgehead atoms. The fourth-order valence-electron chi connectivity index (χ4n) is 2.62. The van der Waals surface area contributed by atoms with Crippen molar-refractivity contribution in [3.05, 3.63) is 112 Å². The Kier molecular flexibility index (Phi) is 8.87.